The maximum Gasteiger partial charge on any atom is 0.188 e. The third kappa shape index (κ3) is 1.97. The smallest absolute Gasteiger partial charge is 0.188 e. The molecular weight excluding hydrogens is 190 g/mol. The zero-order valence-corrected chi connectivity index (χ0v) is 8.85. The van der Waals surface area contributed by atoms with Gasteiger partial charge in [-0.2, -0.15) is 0 Å². The van der Waals surface area contributed by atoms with Gasteiger partial charge in [0.05, 0.1) is 13.7 Å². The van der Waals surface area contributed by atoms with Gasteiger partial charge < -0.3 is 14.4 Å². The molecule has 3 nitrogen and oxygen atoms in total. The van der Waals surface area contributed by atoms with Crippen LogP contribution in [0.5, 0.6) is 0 Å². The fourth-order valence-corrected chi connectivity index (χ4v) is 1.72. The molecule has 0 aromatic heterocycles. The van der Waals surface area contributed by atoms with Gasteiger partial charge in [-0.25, -0.2) is 0 Å². The highest BCUT2D eigenvalue weighted by atomic mass is 16.6. The van der Waals surface area contributed by atoms with Crippen molar-refractivity contribution < 1.29 is 9.47 Å². The number of para-hydroxylation sites is 1. The summed E-state index contributed by atoms with van der Waals surface area (Å²) in [4.78, 5) is 2.14. The third-order valence-corrected chi connectivity index (χ3v) is 2.52. The first kappa shape index (κ1) is 10.1. The van der Waals surface area contributed by atoms with E-state index in [4.69, 9.17) is 9.47 Å². The predicted molar refractivity (Wildman–Crippen MR) is 59.7 cm³/mol. The van der Waals surface area contributed by atoms with Gasteiger partial charge in [0.2, 0.25) is 0 Å². The van der Waals surface area contributed by atoms with Crippen LogP contribution in [0.4, 0.5) is 5.69 Å². The van der Waals surface area contributed by atoms with Crippen molar-refractivity contribution in [3.8, 4) is 0 Å². The van der Waals surface area contributed by atoms with Crippen LogP contribution in [0.25, 0.3) is 0 Å². The van der Waals surface area contributed by atoms with Crippen molar-refractivity contribution >= 4 is 5.69 Å². The van der Waals surface area contributed by atoms with E-state index in [1.165, 1.54) is 0 Å². The zero-order chi connectivity index (χ0) is 10.7. The molecule has 0 radical (unpaired) electrons. The second-order valence-electron chi connectivity index (χ2n) is 3.42. The molecule has 15 heavy (non-hydrogen) atoms. The molecule has 0 bridgehead atoms. The van der Waals surface area contributed by atoms with Gasteiger partial charge >= 0.3 is 0 Å². The minimum Gasteiger partial charge on any atom is -0.497 e. The van der Waals surface area contributed by atoms with Gasteiger partial charge in [-0.15, -0.1) is 0 Å². The summed E-state index contributed by atoms with van der Waals surface area (Å²) in [5.41, 5.74) is 1.14. The van der Waals surface area contributed by atoms with Crippen molar-refractivity contribution in [2.24, 2.45) is 0 Å². The van der Waals surface area contributed by atoms with Crippen LogP contribution in [0.1, 0.15) is 0 Å². The molecule has 0 N–H and O–H groups in total. The Morgan fingerprint density at radius 1 is 1.47 bits per heavy atom. The molecule has 1 unspecified atom stereocenters. The van der Waals surface area contributed by atoms with Crippen molar-refractivity contribution in [2.75, 3.05) is 25.2 Å². The summed E-state index contributed by atoms with van der Waals surface area (Å²) in [6, 6.07) is 10.1. The minimum absolute atomic E-state index is 0.155. The van der Waals surface area contributed by atoms with E-state index in [-0.39, 0.29) is 6.23 Å². The van der Waals surface area contributed by atoms with Gasteiger partial charge in [0.25, 0.3) is 0 Å². The summed E-state index contributed by atoms with van der Waals surface area (Å²) in [5, 5.41) is 0. The Morgan fingerprint density at radius 2 is 2.20 bits per heavy atom. The molecule has 80 valence electrons. The average Bonchev–Trinajstić information content (AvgIpc) is 2.78. The lowest BCUT2D eigenvalue weighted by Gasteiger charge is -2.25. The van der Waals surface area contributed by atoms with Crippen LogP contribution in [0, 0.1) is 0 Å². The van der Waals surface area contributed by atoms with E-state index >= 15 is 0 Å². The zero-order valence-electron chi connectivity index (χ0n) is 8.85. The molecule has 1 fully saturated rings. The van der Waals surface area contributed by atoms with Crippen LogP contribution in [-0.4, -0.2) is 26.5 Å². The Kier molecular flexibility index (Phi) is 2.92. The predicted octanol–water partition coefficient (Wildman–Crippen LogP) is 2.01. The standard InChI is InChI=1S/C12H15NO2/c1-10(14-2)12-13(8-9-15-12)11-6-4-3-5-7-11/h3-7,12H,1,8-9H2,2H3. The number of rotatable bonds is 3. The van der Waals surface area contributed by atoms with Crippen LogP contribution < -0.4 is 4.90 Å². The molecule has 1 saturated heterocycles. The first-order valence-corrected chi connectivity index (χ1v) is 4.99. The number of hydrogen-bond donors (Lipinski definition) is 0. The average molecular weight is 205 g/mol. The Bertz CT molecular complexity index is 337. The number of ether oxygens (including phenoxy) is 2. The highest BCUT2D eigenvalue weighted by Crippen LogP contribution is 2.24. The number of benzene rings is 1. The maximum atomic E-state index is 5.57. The van der Waals surface area contributed by atoms with Crippen LogP contribution >= 0.6 is 0 Å². The lowest BCUT2D eigenvalue weighted by molar-refractivity contribution is 0.0895. The van der Waals surface area contributed by atoms with Crippen molar-refractivity contribution in [2.45, 2.75) is 6.23 Å². The second kappa shape index (κ2) is 4.36. The molecule has 1 aromatic rings. The normalized spacial score (nSPS) is 20.3. The molecule has 0 saturated carbocycles. The van der Waals surface area contributed by atoms with Crippen LogP contribution in [-0.2, 0) is 9.47 Å². The molecule has 0 amide bonds. The van der Waals surface area contributed by atoms with Crippen molar-refractivity contribution in [1.82, 2.24) is 0 Å². The fourth-order valence-electron chi connectivity index (χ4n) is 1.72. The second-order valence-corrected chi connectivity index (χ2v) is 3.42. The van der Waals surface area contributed by atoms with Gasteiger partial charge in [-0.05, 0) is 12.1 Å². The number of nitrogens with zero attached hydrogens (tertiary/aromatic N) is 1. The number of hydrogen-bond acceptors (Lipinski definition) is 3. The summed E-state index contributed by atoms with van der Waals surface area (Å²) < 4.78 is 10.7. The quantitative estimate of drug-likeness (QED) is 0.704. The van der Waals surface area contributed by atoms with E-state index in [9.17, 15) is 0 Å². The van der Waals surface area contributed by atoms with Gasteiger partial charge in [0.1, 0.15) is 5.76 Å². The largest absolute Gasteiger partial charge is 0.497 e. The molecular formula is C12H15NO2. The van der Waals surface area contributed by atoms with Crippen molar-refractivity contribution in [3.05, 3.63) is 42.7 Å². The Balaban J connectivity index is 2.18. The SMILES string of the molecule is C=C(OC)C1OCCN1c1ccccc1. The third-order valence-electron chi connectivity index (χ3n) is 2.52. The fraction of sp³-hybridized carbons (Fsp3) is 0.333. The van der Waals surface area contributed by atoms with Gasteiger partial charge in [0.15, 0.2) is 6.23 Å². The minimum atomic E-state index is -0.155. The lowest BCUT2D eigenvalue weighted by Crippen LogP contribution is -2.31. The highest BCUT2D eigenvalue weighted by Gasteiger charge is 2.28. The van der Waals surface area contributed by atoms with Gasteiger partial charge in [0, 0.05) is 12.2 Å². The lowest BCUT2D eigenvalue weighted by atomic mass is 10.3. The van der Waals surface area contributed by atoms with E-state index in [2.05, 4.69) is 23.6 Å². The van der Waals surface area contributed by atoms with Crippen molar-refractivity contribution in [3.63, 3.8) is 0 Å². The topological polar surface area (TPSA) is 21.7 Å². The molecule has 1 aromatic carbocycles. The molecule has 3 heteroatoms. The molecule has 1 atom stereocenters. The number of anilines is 1. The molecule has 2 rings (SSSR count). The molecule has 1 aliphatic rings. The van der Waals surface area contributed by atoms with E-state index < -0.39 is 0 Å². The van der Waals surface area contributed by atoms with Gasteiger partial charge in [-0.1, -0.05) is 24.8 Å². The van der Waals surface area contributed by atoms with E-state index in [0.717, 1.165) is 12.2 Å². The van der Waals surface area contributed by atoms with E-state index in [0.29, 0.717) is 12.4 Å². The Labute approximate surface area is 89.9 Å². The van der Waals surface area contributed by atoms with Gasteiger partial charge in [-0.3, -0.25) is 0 Å². The summed E-state index contributed by atoms with van der Waals surface area (Å²) in [7, 11) is 1.62. The molecule has 1 aliphatic heterocycles. The first-order valence-electron chi connectivity index (χ1n) is 4.99. The van der Waals surface area contributed by atoms with E-state index in [1.54, 1.807) is 7.11 Å². The Hall–Kier alpha value is -1.48. The number of methoxy groups -OCH3 is 1. The van der Waals surface area contributed by atoms with Crippen LogP contribution in [0.2, 0.25) is 0 Å². The van der Waals surface area contributed by atoms with E-state index in [1.807, 2.05) is 18.2 Å². The summed E-state index contributed by atoms with van der Waals surface area (Å²) in [6.45, 7) is 5.42. The summed E-state index contributed by atoms with van der Waals surface area (Å²) >= 11 is 0. The van der Waals surface area contributed by atoms with Crippen molar-refractivity contribution in [1.29, 1.82) is 0 Å². The van der Waals surface area contributed by atoms with Crippen LogP contribution in [0.15, 0.2) is 42.7 Å². The molecule has 1 heterocycles. The molecule has 0 aliphatic carbocycles. The summed E-state index contributed by atoms with van der Waals surface area (Å²) in [6.07, 6.45) is -0.155. The van der Waals surface area contributed by atoms with Crippen LogP contribution in [0.3, 0.4) is 0 Å². The summed E-state index contributed by atoms with van der Waals surface area (Å²) in [5.74, 6) is 0.649. The molecule has 0 spiro atoms. The highest BCUT2D eigenvalue weighted by molar-refractivity contribution is 5.48. The maximum absolute atomic E-state index is 5.57. The first-order chi connectivity index (χ1) is 7.33. The monoisotopic (exact) mass is 205 g/mol. The Morgan fingerprint density at radius 3 is 2.87 bits per heavy atom.